The van der Waals surface area contributed by atoms with Crippen molar-refractivity contribution in [3.63, 3.8) is 0 Å². The van der Waals surface area contributed by atoms with Gasteiger partial charge < -0.3 is 14.5 Å². The van der Waals surface area contributed by atoms with Gasteiger partial charge in [0, 0.05) is 12.7 Å². The minimum absolute atomic E-state index is 0.258. The third-order valence-corrected chi connectivity index (χ3v) is 3.09. The number of carbonyl (C=O) groups excluding carboxylic acids is 1. The molecular weight excluding hydrogens is 286 g/mol. The van der Waals surface area contributed by atoms with Gasteiger partial charge in [-0.15, -0.1) is 0 Å². The Morgan fingerprint density at radius 1 is 1.36 bits per heavy atom. The van der Waals surface area contributed by atoms with Gasteiger partial charge in [0.1, 0.15) is 23.6 Å². The van der Waals surface area contributed by atoms with Crippen LogP contribution < -0.4 is 0 Å². The summed E-state index contributed by atoms with van der Waals surface area (Å²) in [5, 5.41) is 12.9. The quantitative estimate of drug-likeness (QED) is 0.876. The van der Waals surface area contributed by atoms with Crippen LogP contribution in [-0.2, 0) is 4.79 Å². The normalized spacial score (nSPS) is 10.5. The second-order valence-corrected chi connectivity index (χ2v) is 4.80. The molecule has 0 aliphatic rings. The number of hydrogen-bond donors (Lipinski definition) is 1. The molecule has 0 aromatic carbocycles. The number of carboxylic acid groups (broad SMARTS) is 1. The van der Waals surface area contributed by atoms with Gasteiger partial charge in [0.05, 0.1) is 5.69 Å². The van der Waals surface area contributed by atoms with Gasteiger partial charge in [-0.25, -0.2) is 0 Å². The Morgan fingerprint density at radius 3 is 2.73 bits per heavy atom. The molecular formula is C15H17N3O4. The maximum Gasteiger partial charge on any atom is 0.323 e. The number of hydrogen-bond acceptors (Lipinski definition) is 5. The number of aromatic nitrogens is 2. The molecule has 0 saturated carbocycles. The maximum absolute atomic E-state index is 12.7. The minimum atomic E-state index is -1.06. The van der Waals surface area contributed by atoms with Gasteiger partial charge in [0.15, 0.2) is 0 Å². The van der Waals surface area contributed by atoms with E-state index in [1.54, 1.807) is 31.3 Å². The van der Waals surface area contributed by atoms with Crippen LogP contribution in [0.15, 0.2) is 28.9 Å². The lowest BCUT2D eigenvalue weighted by molar-refractivity contribution is -0.137. The fraction of sp³-hybridized carbons (Fsp3) is 0.333. The summed E-state index contributed by atoms with van der Waals surface area (Å²) in [7, 11) is 0. The monoisotopic (exact) mass is 303 g/mol. The molecule has 7 nitrogen and oxygen atoms in total. The van der Waals surface area contributed by atoms with Crippen LogP contribution in [0.25, 0.3) is 11.4 Å². The summed E-state index contributed by atoms with van der Waals surface area (Å²) in [6.45, 7) is 3.48. The maximum atomic E-state index is 12.7. The van der Waals surface area contributed by atoms with Crippen LogP contribution in [0.4, 0.5) is 0 Å². The van der Waals surface area contributed by atoms with Gasteiger partial charge >= 0.3 is 5.97 Å². The van der Waals surface area contributed by atoms with E-state index in [2.05, 4.69) is 10.1 Å². The molecule has 116 valence electrons. The SMILES string of the molecule is CCCN(CC(=O)O)C(=O)c1c(-c2ccccn2)noc1C. The van der Waals surface area contributed by atoms with Crippen LogP contribution in [-0.4, -0.2) is 45.1 Å². The van der Waals surface area contributed by atoms with Gasteiger partial charge in [0.25, 0.3) is 5.91 Å². The first kappa shape index (κ1) is 15.7. The number of nitrogens with zero attached hydrogens (tertiary/aromatic N) is 3. The van der Waals surface area contributed by atoms with Gasteiger partial charge in [-0.2, -0.15) is 0 Å². The van der Waals surface area contributed by atoms with Gasteiger partial charge in [-0.1, -0.05) is 18.1 Å². The van der Waals surface area contributed by atoms with Crippen molar-refractivity contribution >= 4 is 11.9 Å². The van der Waals surface area contributed by atoms with Crippen molar-refractivity contribution in [3.8, 4) is 11.4 Å². The van der Waals surface area contributed by atoms with Gasteiger partial charge in [0.2, 0.25) is 0 Å². The van der Waals surface area contributed by atoms with E-state index in [-0.39, 0.29) is 12.1 Å². The van der Waals surface area contributed by atoms with Crippen LogP contribution in [0.3, 0.4) is 0 Å². The molecule has 2 aromatic rings. The molecule has 0 spiro atoms. The smallest absolute Gasteiger partial charge is 0.323 e. The van der Waals surface area contributed by atoms with E-state index in [4.69, 9.17) is 9.63 Å². The number of carbonyl (C=O) groups is 2. The van der Waals surface area contributed by atoms with Crippen molar-refractivity contribution in [2.24, 2.45) is 0 Å². The zero-order valence-electron chi connectivity index (χ0n) is 12.4. The third-order valence-electron chi connectivity index (χ3n) is 3.09. The summed E-state index contributed by atoms with van der Waals surface area (Å²) >= 11 is 0. The molecule has 1 amide bonds. The Labute approximate surface area is 127 Å². The molecule has 0 radical (unpaired) electrons. The molecule has 1 N–H and O–H groups in total. The predicted octanol–water partition coefficient (Wildman–Crippen LogP) is 1.98. The van der Waals surface area contributed by atoms with E-state index >= 15 is 0 Å². The highest BCUT2D eigenvalue weighted by Crippen LogP contribution is 2.24. The van der Waals surface area contributed by atoms with Crippen molar-refractivity contribution in [1.29, 1.82) is 0 Å². The summed E-state index contributed by atoms with van der Waals surface area (Å²) in [6, 6.07) is 5.25. The summed E-state index contributed by atoms with van der Waals surface area (Å²) in [5.74, 6) is -1.13. The molecule has 7 heteroatoms. The number of carboxylic acids is 1. The lowest BCUT2D eigenvalue weighted by atomic mass is 10.1. The number of pyridine rings is 1. The second kappa shape index (κ2) is 6.84. The van der Waals surface area contributed by atoms with Crippen LogP contribution >= 0.6 is 0 Å². The van der Waals surface area contributed by atoms with Crippen LogP contribution in [0.5, 0.6) is 0 Å². The van der Waals surface area contributed by atoms with Gasteiger partial charge in [-0.3, -0.25) is 14.6 Å². The Hall–Kier alpha value is -2.70. The minimum Gasteiger partial charge on any atom is -0.480 e. The first-order valence-corrected chi connectivity index (χ1v) is 6.93. The highest BCUT2D eigenvalue weighted by Gasteiger charge is 2.27. The molecule has 0 fully saturated rings. The molecule has 2 heterocycles. The van der Waals surface area contributed by atoms with E-state index in [9.17, 15) is 9.59 Å². The second-order valence-electron chi connectivity index (χ2n) is 4.80. The molecule has 0 saturated heterocycles. The summed E-state index contributed by atoms with van der Waals surface area (Å²) in [5.41, 5.74) is 1.09. The van der Waals surface area contributed by atoms with Crippen LogP contribution in [0.1, 0.15) is 29.5 Å². The standard InChI is InChI=1S/C15H17N3O4/c1-3-8-18(9-12(19)20)15(21)13-10(2)22-17-14(13)11-6-4-5-7-16-11/h4-7H,3,8-9H2,1-2H3,(H,19,20). The number of amides is 1. The first-order valence-electron chi connectivity index (χ1n) is 6.93. The molecule has 0 bridgehead atoms. The summed E-state index contributed by atoms with van der Waals surface area (Å²) in [6.07, 6.45) is 2.25. The fourth-order valence-corrected chi connectivity index (χ4v) is 2.15. The fourth-order valence-electron chi connectivity index (χ4n) is 2.15. The number of aryl methyl sites for hydroxylation is 1. The molecule has 0 atom stereocenters. The topological polar surface area (TPSA) is 96.5 Å². The van der Waals surface area contributed by atoms with Crippen LogP contribution in [0, 0.1) is 6.92 Å². The average Bonchev–Trinajstić information content (AvgIpc) is 2.88. The lowest BCUT2D eigenvalue weighted by Crippen LogP contribution is -2.36. The van der Waals surface area contributed by atoms with Crippen molar-refractivity contribution < 1.29 is 19.2 Å². The zero-order valence-corrected chi connectivity index (χ0v) is 12.4. The Morgan fingerprint density at radius 2 is 2.14 bits per heavy atom. The van der Waals surface area contributed by atoms with E-state index in [0.717, 1.165) is 0 Å². The lowest BCUT2D eigenvalue weighted by Gasteiger charge is -2.19. The molecule has 2 rings (SSSR count). The first-order chi connectivity index (χ1) is 10.5. The van der Waals surface area contributed by atoms with Crippen LogP contribution in [0.2, 0.25) is 0 Å². The molecule has 0 aliphatic heterocycles. The third kappa shape index (κ3) is 3.30. The van der Waals surface area contributed by atoms with Crippen molar-refractivity contribution in [2.45, 2.75) is 20.3 Å². The Balaban J connectivity index is 2.40. The van der Waals surface area contributed by atoms with Crippen molar-refractivity contribution in [1.82, 2.24) is 15.0 Å². The largest absolute Gasteiger partial charge is 0.480 e. The predicted molar refractivity (Wildman–Crippen MR) is 78.3 cm³/mol. The van der Waals surface area contributed by atoms with Gasteiger partial charge in [-0.05, 0) is 25.5 Å². The van der Waals surface area contributed by atoms with E-state index in [1.165, 1.54) is 4.90 Å². The average molecular weight is 303 g/mol. The van der Waals surface area contributed by atoms with E-state index < -0.39 is 11.9 Å². The molecule has 22 heavy (non-hydrogen) atoms. The summed E-state index contributed by atoms with van der Waals surface area (Å²) < 4.78 is 5.12. The Kier molecular flexibility index (Phi) is 4.88. The Bertz CT molecular complexity index is 667. The number of rotatable bonds is 6. The summed E-state index contributed by atoms with van der Waals surface area (Å²) in [4.78, 5) is 29.1. The molecule has 2 aromatic heterocycles. The highest BCUT2D eigenvalue weighted by molar-refractivity contribution is 6.01. The van der Waals surface area contributed by atoms with Crippen molar-refractivity contribution in [3.05, 3.63) is 35.7 Å². The molecule has 0 aliphatic carbocycles. The molecule has 0 unspecified atom stereocenters. The highest BCUT2D eigenvalue weighted by atomic mass is 16.5. The van der Waals surface area contributed by atoms with Crippen molar-refractivity contribution in [2.75, 3.05) is 13.1 Å². The van der Waals surface area contributed by atoms with E-state index in [1.807, 2.05) is 6.92 Å². The zero-order chi connectivity index (χ0) is 16.1. The number of aliphatic carboxylic acids is 1. The van der Waals surface area contributed by atoms with E-state index in [0.29, 0.717) is 30.1 Å².